The van der Waals surface area contributed by atoms with Gasteiger partial charge in [-0.25, -0.2) is 22.6 Å². The SMILES string of the molecule is Cc1ccc(NC(=O)[C@H](C)n2ncc(Cl)c(Cl)c2=O)cc1S(=O)(=O)NCCCCNC(=O)O. The summed E-state index contributed by atoms with van der Waals surface area (Å²) in [6.07, 6.45) is 0.899. The summed E-state index contributed by atoms with van der Waals surface area (Å²) >= 11 is 11.6. The largest absolute Gasteiger partial charge is 0.465 e. The lowest BCUT2D eigenvalue weighted by molar-refractivity contribution is -0.119. The van der Waals surface area contributed by atoms with Crippen molar-refractivity contribution in [3.63, 3.8) is 0 Å². The lowest BCUT2D eigenvalue weighted by Crippen LogP contribution is -2.33. The maximum atomic E-state index is 12.7. The van der Waals surface area contributed by atoms with E-state index in [0.29, 0.717) is 18.4 Å². The highest BCUT2D eigenvalue weighted by Gasteiger charge is 2.22. The number of halogens is 2. The summed E-state index contributed by atoms with van der Waals surface area (Å²) in [5.74, 6) is -0.617. The van der Waals surface area contributed by atoms with Gasteiger partial charge in [0.05, 0.1) is 16.1 Å². The van der Waals surface area contributed by atoms with Crippen LogP contribution in [-0.4, -0.2) is 48.4 Å². The molecule has 0 saturated heterocycles. The quantitative estimate of drug-likeness (QED) is 0.350. The number of carbonyl (C=O) groups excluding carboxylic acids is 1. The molecular weight excluding hydrogens is 497 g/mol. The second-order valence-electron chi connectivity index (χ2n) is 7.04. The van der Waals surface area contributed by atoms with Gasteiger partial charge in [0.2, 0.25) is 15.9 Å². The van der Waals surface area contributed by atoms with Crippen molar-refractivity contribution in [2.45, 2.75) is 37.6 Å². The Morgan fingerprint density at radius 3 is 2.55 bits per heavy atom. The Morgan fingerprint density at radius 2 is 1.88 bits per heavy atom. The minimum Gasteiger partial charge on any atom is -0.465 e. The van der Waals surface area contributed by atoms with Crippen LogP contribution in [0, 0.1) is 6.92 Å². The van der Waals surface area contributed by atoms with E-state index in [9.17, 15) is 22.8 Å². The first-order valence-electron chi connectivity index (χ1n) is 9.75. The molecule has 2 rings (SSSR count). The van der Waals surface area contributed by atoms with Gasteiger partial charge in [-0.2, -0.15) is 5.10 Å². The monoisotopic (exact) mass is 519 g/mol. The fourth-order valence-electron chi connectivity index (χ4n) is 2.76. The molecule has 1 heterocycles. The van der Waals surface area contributed by atoms with Gasteiger partial charge < -0.3 is 15.7 Å². The maximum Gasteiger partial charge on any atom is 0.404 e. The number of nitrogens with zero attached hydrogens (tertiary/aromatic N) is 2. The Hall–Kier alpha value is -2.67. The molecule has 14 heteroatoms. The van der Waals surface area contributed by atoms with Gasteiger partial charge in [0, 0.05) is 18.8 Å². The molecule has 0 radical (unpaired) electrons. The zero-order valence-electron chi connectivity index (χ0n) is 17.8. The molecule has 1 atom stereocenters. The molecule has 0 aliphatic carbocycles. The molecule has 0 aliphatic heterocycles. The van der Waals surface area contributed by atoms with Crippen LogP contribution in [0.1, 0.15) is 31.4 Å². The molecule has 4 N–H and O–H groups in total. The predicted octanol–water partition coefficient (Wildman–Crippen LogP) is 2.38. The van der Waals surface area contributed by atoms with Crippen LogP contribution in [0.5, 0.6) is 0 Å². The number of nitrogens with one attached hydrogen (secondary N) is 3. The summed E-state index contributed by atoms with van der Waals surface area (Å²) in [6.45, 7) is 3.37. The molecule has 1 aromatic carbocycles. The van der Waals surface area contributed by atoms with Crippen LogP contribution in [0.3, 0.4) is 0 Å². The second kappa shape index (κ2) is 11.5. The van der Waals surface area contributed by atoms with Crippen LogP contribution < -0.4 is 20.9 Å². The van der Waals surface area contributed by atoms with E-state index in [-0.39, 0.29) is 33.7 Å². The van der Waals surface area contributed by atoms with Crippen molar-refractivity contribution in [2.75, 3.05) is 18.4 Å². The fraction of sp³-hybridized carbons (Fsp3) is 0.368. The van der Waals surface area contributed by atoms with E-state index in [1.807, 2.05) is 0 Å². The van der Waals surface area contributed by atoms with Crippen LogP contribution in [0.15, 0.2) is 34.1 Å². The van der Waals surface area contributed by atoms with Gasteiger partial charge in [0.25, 0.3) is 5.56 Å². The first-order valence-corrected chi connectivity index (χ1v) is 12.0. The van der Waals surface area contributed by atoms with E-state index in [4.69, 9.17) is 28.3 Å². The van der Waals surface area contributed by atoms with Gasteiger partial charge in [0.1, 0.15) is 11.1 Å². The number of sulfonamides is 1. The Labute approximate surface area is 200 Å². The highest BCUT2D eigenvalue weighted by molar-refractivity contribution is 7.89. The van der Waals surface area contributed by atoms with Crippen molar-refractivity contribution in [3.05, 3.63) is 50.4 Å². The van der Waals surface area contributed by atoms with E-state index in [1.165, 1.54) is 25.1 Å². The number of aromatic nitrogens is 2. The predicted molar refractivity (Wildman–Crippen MR) is 123 cm³/mol. The first-order chi connectivity index (χ1) is 15.4. The Morgan fingerprint density at radius 1 is 1.21 bits per heavy atom. The van der Waals surface area contributed by atoms with E-state index in [1.54, 1.807) is 6.92 Å². The van der Waals surface area contributed by atoms with Gasteiger partial charge >= 0.3 is 6.09 Å². The Kier molecular flexibility index (Phi) is 9.23. The number of carboxylic acid groups (broad SMARTS) is 1. The number of unbranched alkanes of at least 4 members (excludes halogenated alkanes) is 1. The number of amides is 2. The zero-order chi connectivity index (χ0) is 24.8. The number of hydrogen-bond acceptors (Lipinski definition) is 6. The summed E-state index contributed by atoms with van der Waals surface area (Å²) < 4.78 is 28.7. The molecule has 0 fully saturated rings. The zero-order valence-corrected chi connectivity index (χ0v) is 20.1. The summed E-state index contributed by atoms with van der Waals surface area (Å²) in [6, 6.07) is 3.32. The molecule has 0 bridgehead atoms. The molecule has 180 valence electrons. The highest BCUT2D eigenvalue weighted by Crippen LogP contribution is 2.21. The number of benzene rings is 1. The third-order valence-corrected chi connectivity index (χ3v) is 6.92. The van der Waals surface area contributed by atoms with Crippen molar-refractivity contribution in [1.29, 1.82) is 0 Å². The summed E-state index contributed by atoms with van der Waals surface area (Å²) in [5, 5.41) is 16.8. The Bertz CT molecular complexity index is 1200. The fourth-order valence-corrected chi connectivity index (χ4v) is 4.36. The molecule has 2 aromatic rings. The van der Waals surface area contributed by atoms with Crippen LogP contribution in [-0.2, 0) is 14.8 Å². The molecule has 0 spiro atoms. The summed E-state index contributed by atoms with van der Waals surface area (Å²) in [4.78, 5) is 35.2. The highest BCUT2D eigenvalue weighted by atomic mass is 35.5. The van der Waals surface area contributed by atoms with E-state index >= 15 is 0 Å². The standard InChI is InChI=1S/C19H23Cl2N5O6S/c1-11-5-6-13(9-15(11)33(31,32)24-8-4-3-7-22-19(29)30)25-17(27)12(2)26-18(28)16(21)14(20)10-23-26/h5-6,9-10,12,22,24H,3-4,7-8H2,1-2H3,(H,25,27)(H,29,30)/t12-/m0/s1. The van der Waals surface area contributed by atoms with Gasteiger partial charge in [-0.1, -0.05) is 29.3 Å². The second-order valence-corrected chi connectivity index (χ2v) is 9.56. The smallest absolute Gasteiger partial charge is 0.404 e. The van der Waals surface area contributed by atoms with Crippen LogP contribution >= 0.6 is 23.2 Å². The minimum atomic E-state index is -3.88. The molecule has 11 nitrogen and oxygen atoms in total. The van der Waals surface area contributed by atoms with E-state index < -0.39 is 33.6 Å². The molecule has 0 saturated carbocycles. The summed E-state index contributed by atoms with van der Waals surface area (Å²) in [7, 11) is -3.88. The maximum absolute atomic E-state index is 12.7. The van der Waals surface area contributed by atoms with Crippen molar-refractivity contribution in [1.82, 2.24) is 19.8 Å². The van der Waals surface area contributed by atoms with Gasteiger partial charge in [-0.05, 0) is 44.4 Å². The number of hydrogen-bond donors (Lipinski definition) is 4. The summed E-state index contributed by atoms with van der Waals surface area (Å²) in [5.41, 5.74) is -0.0678. The van der Waals surface area contributed by atoms with Gasteiger partial charge in [0.15, 0.2) is 0 Å². The molecule has 0 unspecified atom stereocenters. The minimum absolute atomic E-state index is 0.0264. The first kappa shape index (κ1) is 26.6. The average Bonchev–Trinajstić information content (AvgIpc) is 2.75. The van der Waals surface area contributed by atoms with Crippen LogP contribution in [0.2, 0.25) is 10.0 Å². The lowest BCUT2D eigenvalue weighted by Gasteiger charge is -2.16. The molecule has 0 aliphatic rings. The Balaban J connectivity index is 2.09. The van der Waals surface area contributed by atoms with Crippen LogP contribution in [0.4, 0.5) is 10.5 Å². The average molecular weight is 520 g/mol. The molecule has 1 aromatic heterocycles. The van der Waals surface area contributed by atoms with Crippen molar-refractivity contribution in [3.8, 4) is 0 Å². The van der Waals surface area contributed by atoms with E-state index in [0.717, 1.165) is 10.9 Å². The van der Waals surface area contributed by atoms with Gasteiger partial charge in [-0.3, -0.25) is 9.59 Å². The van der Waals surface area contributed by atoms with E-state index in [2.05, 4.69) is 20.5 Å². The number of rotatable bonds is 10. The normalized spacial score (nSPS) is 12.2. The van der Waals surface area contributed by atoms with Crippen molar-refractivity contribution in [2.24, 2.45) is 0 Å². The topological polar surface area (TPSA) is 159 Å². The van der Waals surface area contributed by atoms with Crippen molar-refractivity contribution >= 4 is 50.9 Å². The number of anilines is 1. The molecule has 33 heavy (non-hydrogen) atoms. The number of carbonyl (C=O) groups is 2. The van der Waals surface area contributed by atoms with Gasteiger partial charge in [-0.15, -0.1) is 0 Å². The third kappa shape index (κ3) is 7.16. The third-order valence-electron chi connectivity index (χ3n) is 4.56. The van der Waals surface area contributed by atoms with Crippen molar-refractivity contribution < 1.29 is 23.1 Å². The van der Waals surface area contributed by atoms with Crippen LogP contribution in [0.25, 0.3) is 0 Å². The molecular formula is C19H23Cl2N5O6S. The molecule has 2 amide bonds. The number of aryl methyl sites for hydroxylation is 1. The lowest BCUT2D eigenvalue weighted by atomic mass is 10.2.